The molecule has 0 saturated carbocycles. The summed E-state index contributed by atoms with van der Waals surface area (Å²) in [6.45, 7) is 12.4. The second-order valence-electron chi connectivity index (χ2n) is 4.62. The Bertz CT molecular complexity index is 439. The van der Waals surface area contributed by atoms with Gasteiger partial charge in [-0.25, -0.2) is 0 Å². The minimum Gasteiger partial charge on any atom is -0.101 e. The molecular formula is C16H20. The largest absolute Gasteiger partial charge is 0.101 e. The van der Waals surface area contributed by atoms with E-state index in [1.807, 2.05) is 13.0 Å². The van der Waals surface area contributed by atoms with Crippen LogP contribution < -0.4 is 0 Å². The molecule has 0 aliphatic carbocycles. The molecule has 1 aromatic rings. The molecule has 0 heteroatoms. The maximum absolute atomic E-state index is 3.82. The lowest BCUT2D eigenvalue weighted by atomic mass is 9.79. The summed E-state index contributed by atoms with van der Waals surface area (Å²) < 4.78 is 0. The molecule has 0 aliphatic rings. The maximum atomic E-state index is 3.82. The van der Waals surface area contributed by atoms with Crippen LogP contribution in [0.2, 0.25) is 0 Å². The number of hydrogen-bond acceptors (Lipinski definition) is 0. The first-order valence-corrected chi connectivity index (χ1v) is 5.75. The van der Waals surface area contributed by atoms with Crippen LogP contribution >= 0.6 is 0 Å². The quantitative estimate of drug-likeness (QED) is 0.652. The lowest BCUT2D eigenvalue weighted by Crippen LogP contribution is -2.17. The zero-order valence-corrected chi connectivity index (χ0v) is 10.7. The summed E-state index contributed by atoms with van der Waals surface area (Å²) in [6.07, 6.45) is 2.99. The van der Waals surface area contributed by atoms with Gasteiger partial charge in [-0.1, -0.05) is 45.4 Å². The highest BCUT2D eigenvalue weighted by atomic mass is 14.2. The number of benzene rings is 1. The smallest absolute Gasteiger partial charge is 0.0283 e. The lowest BCUT2D eigenvalue weighted by Gasteiger charge is -2.25. The predicted octanol–water partition coefficient (Wildman–Crippen LogP) is 4.39. The zero-order valence-electron chi connectivity index (χ0n) is 10.7. The van der Waals surface area contributed by atoms with Crippen molar-refractivity contribution < 1.29 is 0 Å². The van der Waals surface area contributed by atoms with E-state index in [-0.39, 0.29) is 5.41 Å². The first-order valence-electron chi connectivity index (χ1n) is 5.75. The van der Waals surface area contributed by atoms with E-state index in [9.17, 15) is 0 Å². The van der Waals surface area contributed by atoms with Crippen LogP contribution in [0, 0.1) is 11.8 Å². The van der Waals surface area contributed by atoms with Gasteiger partial charge in [-0.2, -0.15) is 0 Å². The Morgan fingerprint density at radius 1 is 1.38 bits per heavy atom. The molecule has 0 amide bonds. The standard InChI is InChI=1S/C16H20/c1-6-9-14-11-10-13(7-2)12-15(14)16(4,5)8-3/h7,10-12H,2,8H2,1,3-5H3. The molecule has 0 N–H and O–H groups in total. The van der Waals surface area contributed by atoms with Crippen LogP contribution in [0.1, 0.15) is 50.8 Å². The van der Waals surface area contributed by atoms with E-state index in [2.05, 4.69) is 57.4 Å². The Balaban J connectivity index is 3.40. The highest BCUT2D eigenvalue weighted by Gasteiger charge is 2.21. The molecule has 0 unspecified atom stereocenters. The van der Waals surface area contributed by atoms with Crippen LogP contribution in [0.25, 0.3) is 6.08 Å². The van der Waals surface area contributed by atoms with E-state index < -0.39 is 0 Å². The van der Waals surface area contributed by atoms with Crippen molar-refractivity contribution in [2.24, 2.45) is 0 Å². The summed E-state index contributed by atoms with van der Waals surface area (Å²) in [5.74, 6) is 6.17. The minimum atomic E-state index is 0.165. The van der Waals surface area contributed by atoms with E-state index >= 15 is 0 Å². The van der Waals surface area contributed by atoms with Crippen LogP contribution in [0.5, 0.6) is 0 Å². The van der Waals surface area contributed by atoms with E-state index in [0.717, 1.165) is 17.5 Å². The fraction of sp³-hybridized carbons (Fsp3) is 0.375. The number of hydrogen-bond donors (Lipinski definition) is 0. The molecule has 0 aromatic heterocycles. The Morgan fingerprint density at radius 2 is 2.06 bits per heavy atom. The first kappa shape index (κ1) is 12.6. The van der Waals surface area contributed by atoms with E-state index in [4.69, 9.17) is 0 Å². The topological polar surface area (TPSA) is 0 Å². The van der Waals surface area contributed by atoms with Gasteiger partial charge in [0.25, 0.3) is 0 Å². The molecule has 0 aliphatic heterocycles. The normalized spacial score (nSPS) is 10.5. The summed E-state index contributed by atoms with van der Waals surface area (Å²) in [5.41, 5.74) is 3.79. The molecule has 0 fully saturated rings. The van der Waals surface area contributed by atoms with Gasteiger partial charge >= 0.3 is 0 Å². The number of rotatable bonds is 3. The van der Waals surface area contributed by atoms with Crippen molar-refractivity contribution in [1.82, 2.24) is 0 Å². The monoisotopic (exact) mass is 212 g/mol. The van der Waals surface area contributed by atoms with Crippen molar-refractivity contribution in [3.63, 3.8) is 0 Å². The highest BCUT2D eigenvalue weighted by Crippen LogP contribution is 2.30. The molecule has 1 aromatic carbocycles. The fourth-order valence-electron chi connectivity index (χ4n) is 1.68. The second-order valence-corrected chi connectivity index (χ2v) is 4.62. The Hall–Kier alpha value is -1.48. The molecular weight excluding hydrogens is 192 g/mol. The highest BCUT2D eigenvalue weighted by molar-refractivity contribution is 5.55. The molecule has 0 bridgehead atoms. The maximum Gasteiger partial charge on any atom is 0.0283 e. The summed E-state index contributed by atoms with van der Waals surface area (Å²) in [5, 5.41) is 0. The molecule has 16 heavy (non-hydrogen) atoms. The summed E-state index contributed by atoms with van der Waals surface area (Å²) in [7, 11) is 0. The van der Waals surface area contributed by atoms with Gasteiger partial charge < -0.3 is 0 Å². The third-order valence-electron chi connectivity index (χ3n) is 3.15. The molecule has 0 heterocycles. The van der Waals surface area contributed by atoms with Crippen LogP contribution in [-0.2, 0) is 5.41 Å². The van der Waals surface area contributed by atoms with Gasteiger partial charge in [-0.3, -0.25) is 0 Å². The molecule has 1 rings (SSSR count). The van der Waals surface area contributed by atoms with Gasteiger partial charge in [0.15, 0.2) is 0 Å². The van der Waals surface area contributed by atoms with E-state index in [1.165, 1.54) is 5.56 Å². The van der Waals surface area contributed by atoms with Gasteiger partial charge in [0.1, 0.15) is 0 Å². The lowest BCUT2D eigenvalue weighted by molar-refractivity contribution is 0.505. The van der Waals surface area contributed by atoms with Gasteiger partial charge in [0, 0.05) is 5.56 Å². The summed E-state index contributed by atoms with van der Waals surface area (Å²) in [6, 6.07) is 6.37. The first-order chi connectivity index (χ1) is 7.55. The van der Waals surface area contributed by atoms with Crippen molar-refractivity contribution in [3.05, 3.63) is 41.5 Å². The zero-order chi connectivity index (χ0) is 12.2. The van der Waals surface area contributed by atoms with Gasteiger partial charge in [0.05, 0.1) is 0 Å². The molecule has 0 spiro atoms. The average molecular weight is 212 g/mol. The van der Waals surface area contributed by atoms with E-state index in [1.54, 1.807) is 0 Å². The summed E-state index contributed by atoms with van der Waals surface area (Å²) in [4.78, 5) is 0. The molecule has 0 atom stereocenters. The molecule has 0 radical (unpaired) electrons. The van der Waals surface area contributed by atoms with Gasteiger partial charge in [0.2, 0.25) is 0 Å². The molecule has 84 valence electrons. The Labute approximate surface area is 99.4 Å². The van der Waals surface area contributed by atoms with Crippen LogP contribution in [0.4, 0.5) is 0 Å². The minimum absolute atomic E-state index is 0.165. The SMILES string of the molecule is C=Cc1ccc(C#CC)c(C(C)(C)CC)c1. The average Bonchev–Trinajstić information content (AvgIpc) is 2.30. The Kier molecular flexibility index (Phi) is 3.96. The summed E-state index contributed by atoms with van der Waals surface area (Å²) >= 11 is 0. The van der Waals surface area contributed by atoms with Crippen LogP contribution in [-0.4, -0.2) is 0 Å². The van der Waals surface area contributed by atoms with Gasteiger partial charge in [-0.15, -0.1) is 5.92 Å². The molecule has 0 nitrogen and oxygen atoms in total. The van der Waals surface area contributed by atoms with Crippen LogP contribution in [0.15, 0.2) is 24.8 Å². The van der Waals surface area contributed by atoms with Crippen molar-refractivity contribution in [3.8, 4) is 11.8 Å². The third-order valence-corrected chi connectivity index (χ3v) is 3.15. The Morgan fingerprint density at radius 3 is 2.56 bits per heavy atom. The predicted molar refractivity (Wildman–Crippen MR) is 72.4 cm³/mol. The second kappa shape index (κ2) is 5.03. The molecule has 0 saturated heterocycles. The van der Waals surface area contributed by atoms with Crippen LogP contribution in [0.3, 0.4) is 0 Å². The van der Waals surface area contributed by atoms with Gasteiger partial charge in [-0.05, 0) is 42.0 Å². The van der Waals surface area contributed by atoms with Crippen molar-refractivity contribution in [1.29, 1.82) is 0 Å². The third kappa shape index (κ3) is 2.55. The van der Waals surface area contributed by atoms with Crippen molar-refractivity contribution >= 4 is 6.08 Å². The van der Waals surface area contributed by atoms with Crippen molar-refractivity contribution in [2.45, 2.75) is 39.5 Å². The van der Waals surface area contributed by atoms with Crippen molar-refractivity contribution in [2.75, 3.05) is 0 Å². The fourth-order valence-corrected chi connectivity index (χ4v) is 1.68. The van der Waals surface area contributed by atoms with E-state index in [0.29, 0.717) is 0 Å².